The van der Waals surface area contributed by atoms with E-state index < -0.39 is 17.7 Å². The molecule has 0 amide bonds. The number of rotatable bonds is 5. The molecule has 1 unspecified atom stereocenters. The van der Waals surface area contributed by atoms with Gasteiger partial charge in [-0.15, -0.1) is 0 Å². The number of pyridine rings is 2. The topological polar surface area (TPSA) is 128 Å². The molecule has 1 fully saturated rings. The molecule has 3 N–H and O–H groups in total. The number of aromatic amines is 1. The first-order valence-electron chi connectivity index (χ1n) is 13.2. The average Bonchev–Trinajstić information content (AvgIpc) is 3.71. The van der Waals surface area contributed by atoms with Crippen LogP contribution in [0.1, 0.15) is 49.8 Å². The summed E-state index contributed by atoms with van der Waals surface area (Å²) < 4.78 is 42.6. The summed E-state index contributed by atoms with van der Waals surface area (Å²) in [5.74, 6) is -0.351. The number of anilines is 2. The predicted molar refractivity (Wildman–Crippen MR) is 150 cm³/mol. The van der Waals surface area contributed by atoms with E-state index in [0.29, 0.717) is 32.9 Å². The van der Waals surface area contributed by atoms with E-state index in [1.807, 2.05) is 24.8 Å². The number of aromatic nitrogens is 6. The second kappa shape index (κ2) is 9.37. The zero-order chi connectivity index (χ0) is 28.6. The van der Waals surface area contributed by atoms with Crippen molar-refractivity contribution in [3.63, 3.8) is 0 Å². The van der Waals surface area contributed by atoms with Crippen LogP contribution in [0.5, 0.6) is 11.9 Å². The lowest BCUT2D eigenvalue weighted by molar-refractivity contribution is 0.282. The Morgan fingerprint density at radius 1 is 1.20 bits per heavy atom. The van der Waals surface area contributed by atoms with Crippen molar-refractivity contribution in [1.82, 2.24) is 30.1 Å². The van der Waals surface area contributed by atoms with Crippen LogP contribution in [0, 0.1) is 11.6 Å². The smallest absolute Gasteiger partial charge is 0.318 e. The summed E-state index contributed by atoms with van der Waals surface area (Å²) in [6.07, 6.45) is 4.59. The monoisotopic (exact) mass is 578 g/mol. The average molecular weight is 579 g/mol. The number of nitrogen functional groups attached to an aromatic ring is 1. The fourth-order valence-corrected chi connectivity index (χ4v) is 6.11. The van der Waals surface area contributed by atoms with Crippen LogP contribution in [0.15, 0.2) is 24.5 Å². The first-order valence-corrected chi connectivity index (χ1v) is 13.6. The largest absolute Gasteiger partial charge is 0.475 e. The number of fused-ring (bicyclic) bond motifs is 1. The van der Waals surface area contributed by atoms with Crippen LogP contribution in [-0.4, -0.2) is 49.9 Å². The lowest BCUT2D eigenvalue weighted by Crippen LogP contribution is -2.39. The van der Waals surface area contributed by atoms with Gasteiger partial charge in [0.2, 0.25) is 5.88 Å². The molecular weight excluding hydrogens is 554 g/mol. The van der Waals surface area contributed by atoms with E-state index in [1.165, 1.54) is 13.2 Å². The van der Waals surface area contributed by atoms with Gasteiger partial charge in [0.05, 0.1) is 37.1 Å². The van der Waals surface area contributed by atoms with Gasteiger partial charge in [-0.25, -0.2) is 18.7 Å². The highest BCUT2D eigenvalue weighted by atomic mass is 35.5. The standard InChI is InChI=1S/C28H25ClF2N8O2/c1-11-10-41-27-21-24(36-28(40-3)37-26(21)39(11)12(2)15-6-14(30)8-33-25(15)32)22(31)23(35-27)20-16-9-34-38-18(16)7-17(29)19(20)13-4-5-13/h6-9,11-13H,4-5,10H2,1-3H3,(H2,32,33)(H,34,38)/t11-,12?/m0/s1. The Bertz CT molecular complexity index is 1860. The molecule has 1 aliphatic heterocycles. The minimum absolute atomic E-state index is 0.0261. The van der Waals surface area contributed by atoms with Crippen molar-refractivity contribution in [2.24, 2.45) is 0 Å². The summed E-state index contributed by atoms with van der Waals surface area (Å²) in [5, 5.41) is 8.58. The Kier molecular flexibility index (Phi) is 5.86. The minimum atomic E-state index is -0.671. The first kappa shape index (κ1) is 25.6. The number of methoxy groups -OCH3 is 1. The fraction of sp³-hybridized carbons (Fsp3) is 0.321. The summed E-state index contributed by atoms with van der Waals surface area (Å²) in [7, 11) is 1.41. The third kappa shape index (κ3) is 3.99. The second-order valence-electron chi connectivity index (χ2n) is 10.5. The summed E-state index contributed by atoms with van der Waals surface area (Å²) in [6.45, 7) is 3.93. The van der Waals surface area contributed by atoms with Crippen molar-refractivity contribution in [3.8, 4) is 23.1 Å². The van der Waals surface area contributed by atoms with Gasteiger partial charge < -0.3 is 20.1 Å². The number of hydrogen-bond acceptors (Lipinski definition) is 9. The van der Waals surface area contributed by atoms with E-state index in [2.05, 4.69) is 25.1 Å². The van der Waals surface area contributed by atoms with Crippen LogP contribution in [0.25, 0.3) is 33.1 Å². The number of hydrogen-bond donors (Lipinski definition) is 2. The van der Waals surface area contributed by atoms with Gasteiger partial charge in [-0.2, -0.15) is 15.1 Å². The van der Waals surface area contributed by atoms with Crippen molar-refractivity contribution in [2.45, 2.75) is 44.7 Å². The van der Waals surface area contributed by atoms with E-state index >= 15 is 4.39 Å². The number of nitrogens with zero attached hydrogens (tertiary/aromatic N) is 6. The van der Waals surface area contributed by atoms with Crippen LogP contribution in [-0.2, 0) is 0 Å². The number of benzene rings is 1. The molecule has 0 spiro atoms. The fourth-order valence-electron chi connectivity index (χ4n) is 5.76. The van der Waals surface area contributed by atoms with E-state index in [-0.39, 0.29) is 52.9 Å². The quantitative estimate of drug-likeness (QED) is 0.269. The van der Waals surface area contributed by atoms with Gasteiger partial charge in [0, 0.05) is 21.5 Å². The molecule has 10 nitrogen and oxygen atoms in total. The molecule has 1 aliphatic carbocycles. The summed E-state index contributed by atoms with van der Waals surface area (Å²) in [6, 6.07) is 2.26. The Morgan fingerprint density at radius 3 is 2.76 bits per heavy atom. The lowest BCUT2D eigenvalue weighted by Gasteiger charge is -2.34. The Balaban J connectivity index is 1.51. The maximum atomic E-state index is 16.8. The molecule has 1 aromatic carbocycles. The molecule has 5 aromatic rings. The molecule has 2 aliphatic rings. The van der Waals surface area contributed by atoms with Gasteiger partial charge in [-0.05, 0) is 50.3 Å². The normalized spacial score (nSPS) is 17.5. The first-order chi connectivity index (χ1) is 19.8. The minimum Gasteiger partial charge on any atom is -0.475 e. The third-order valence-electron chi connectivity index (χ3n) is 7.82. The highest BCUT2D eigenvalue weighted by Crippen LogP contribution is 2.51. The Morgan fingerprint density at radius 2 is 2.00 bits per heavy atom. The number of halogens is 3. The SMILES string of the molecule is COc1nc2c3c(nc(-c4c(C5CC5)c(Cl)cc5[nH]ncc45)c(F)c3n1)OC[C@H](C)N2C(C)c1cc(F)cnc1N. The summed E-state index contributed by atoms with van der Waals surface area (Å²) >= 11 is 6.74. The van der Waals surface area contributed by atoms with Crippen molar-refractivity contribution in [2.75, 3.05) is 24.4 Å². The van der Waals surface area contributed by atoms with Crippen molar-refractivity contribution in [1.29, 1.82) is 0 Å². The zero-order valence-corrected chi connectivity index (χ0v) is 23.1. The van der Waals surface area contributed by atoms with Crippen molar-refractivity contribution >= 4 is 45.0 Å². The van der Waals surface area contributed by atoms with Gasteiger partial charge in [0.15, 0.2) is 5.82 Å². The number of ether oxygens (including phenoxy) is 2. The molecule has 2 atom stereocenters. The molecule has 41 heavy (non-hydrogen) atoms. The van der Waals surface area contributed by atoms with Crippen molar-refractivity contribution in [3.05, 3.63) is 52.3 Å². The number of nitrogens with one attached hydrogen (secondary N) is 1. The van der Waals surface area contributed by atoms with Gasteiger partial charge in [0.25, 0.3) is 0 Å². The molecule has 7 rings (SSSR count). The van der Waals surface area contributed by atoms with E-state index in [1.54, 1.807) is 6.20 Å². The maximum Gasteiger partial charge on any atom is 0.318 e. The Labute approximate surface area is 237 Å². The van der Waals surface area contributed by atoms with E-state index in [9.17, 15) is 4.39 Å². The molecule has 0 saturated heterocycles. The molecule has 0 bridgehead atoms. The van der Waals surface area contributed by atoms with Gasteiger partial charge in [-0.1, -0.05) is 11.6 Å². The molecule has 210 valence electrons. The Hall–Kier alpha value is -4.32. The van der Waals surface area contributed by atoms with Crippen LogP contribution < -0.4 is 20.1 Å². The lowest BCUT2D eigenvalue weighted by atomic mass is 9.95. The van der Waals surface area contributed by atoms with E-state index in [4.69, 9.17) is 31.8 Å². The van der Waals surface area contributed by atoms with E-state index in [0.717, 1.165) is 24.6 Å². The molecule has 1 saturated carbocycles. The van der Waals surface area contributed by atoms with Crippen LogP contribution in [0.3, 0.4) is 0 Å². The molecule has 4 aromatic heterocycles. The molecule has 5 heterocycles. The van der Waals surface area contributed by atoms with Gasteiger partial charge in [-0.3, -0.25) is 5.10 Å². The summed E-state index contributed by atoms with van der Waals surface area (Å²) in [4.78, 5) is 19.6. The van der Waals surface area contributed by atoms with Crippen LogP contribution in [0.4, 0.5) is 20.4 Å². The molecule has 13 heteroatoms. The number of nitrogens with two attached hydrogens (primary N) is 1. The molecular formula is C28H25ClF2N8O2. The summed E-state index contributed by atoms with van der Waals surface area (Å²) in [5.41, 5.74) is 8.68. The number of H-pyrrole nitrogens is 1. The highest BCUT2D eigenvalue weighted by Gasteiger charge is 2.37. The predicted octanol–water partition coefficient (Wildman–Crippen LogP) is 5.71. The maximum absolute atomic E-state index is 16.8. The second-order valence-corrected chi connectivity index (χ2v) is 10.9. The zero-order valence-electron chi connectivity index (χ0n) is 22.4. The molecule has 0 radical (unpaired) electrons. The van der Waals surface area contributed by atoms with Gasteiger partial charge >= 0.3 is 6.01 Å². The third-order valence-corrected chi connectivity index (χ3v) is 8.13. The van der Waals surface area contributed by atoms with Crippen LogP contribution in [0.2, 0.25) is 5.02 Å². The highest BCUT2D eigenvalue weighted by molar-refractivity contribution is 6.33. The van der Waals surface area contributed by atoms with Gasteiger partial charge in [0.1, 0.15) is 40.7 Å². The van der Waals surface area contributed by atoms with Crippen molar-refractivity contribution < 1.29 is 18.3 Å². The van der Waals surface area contributed by atoms with Crippen LogP contribution >= 0.6 is 11.6 Å².